The maximum absolute atomic E-state index is 8.95. The smallest absolute Gasteiger partial charge is 0.0904 e. The Kier molecular flexibility index (Phi) is 7.35. The standard InChI is InChI=1S/C45H46S2Si3/c1-45(2,3)35-29-28-32(30-34(35)33-20-16-25-40-43(33)46-36-21-12-14-23-38(36)48(40,4)5)50(8,31-18-10-9-11-19-31)42-27-17-26-41-44(42)47-37-22-13-15-24-39(37)49(41,6)7/h9-30H,1-8H3/i4D3. The van der Waals surface area contributed by atoms with Crippen LogP contribution in [0, 0.1) is 0 Å². The molecule has 0 saturated carbocycles. The molecule has 250 valence electrons. The molecule has 0 aromatic heterocycles. The van der Waals surface area contributed by atoms with Crippen molar-refractivity contribution in [1.82, 2.24) is 0 Å². The van der Waals surface area contributed by atoms with Crippen LogP contribution in [-0.4, -0.2) is 24.2 Å². The van der Waals surface area contributed by atoms with E-state index in [1.54, 1.807) is 11.8 Å². The van der Waals surface area contributed by atoms with E-state index in [1.807, 2.05) is 23.9 Å². The molecule has 0 fully saturated rings. The summed E-state index contributed by atoms with van der Waals surface area (Å²) in [5.41, 5.74) is 3.51. The SMILES string of the molecule is [2H]C([2H])([2H])[Si]1(C)c2ccccc2Sc2c(-c3cc([Si](C)(c4ccccc4)c4cccc5c4Sc4ccccc4[Si]5(C)C)ccc3C(C)(C)C)cccc21. The minimum Gasteiger partial charge on any atom is -0.0904 e. The Morgan fingerprint density at radius 3 is 1.76 bits per heavy atom. The molecular formula is C45H46S2Si3. The van der Waals surface area contributed by atoms with Crippen LogP contribution in [0.2, 0.25) is 32.7 Å². The molecule has 0 spiro atoms. The van der Waals surface area contributed by atoms with Crippen LogP contribution in [0.25, 0.3) is 11.1 Å². The summed E-state index contributed by atoms with van der Waals surface area (Å²) in [5, 5.41) is 9.32. The van der Waals surface area contributed by atoms with Gasteiger partial charge in [-0.15, -0.1) is 0 Å². The molecule has 0 saturated heterocycles. The molecule has 2 aliphatic heterocycles. The molecule has 0 N–H and O–H groups in total. The first-order valence-corrected chi connectivity index (χ1v) is 27.2. The van der Waals surface area contributed by atoms with Crippen molar-refractivity contribution in [2.45, 2.75) is 78.4 Å². The molecule has 0 nitrogen and oxygen atoms in total. The zero-order valence-electron chi connectivity index (χ0n) is 33.0. The van der Waals surface area contributed by atoms with E-state index in [2.05, 4.69) is 168 Å². The Balaban J connectivity index is 1.41. The molecule has 2 aliphatic rings. The molecule has 0 bridgehead atoms. The van der Waals surface area contributed by atoms with E-state index in [4.69, 9.17) is 4.11 Å². The molecule has 0 amide bonds. The minimum atomic E-state index is -3.13. The Bertz CT molecular complexity index is 2400. The largest absolute Gasteiger partial charge is 0.146 e. The van der Waals surface area contributed by atoms with E-state index in [-0.39, 0.29) is 5.41 Å². The van der Waals surface area contributed by atoms with Gasteiger partial charge in [0, 0.05) is 23.7 Å². The van der Waals surface area contributed by atoms with Gasteiger partial charge in [0.1, 0.15) is 24.2 Å². The van der Waals surface area contributed by atoms with Crippen LogP contribution < -0.4 is 36.3 Å². The van der Waals surface area contributed by atoms with Gasteiger partial charge in [-0.25, -0.2) is 0 Å². The summed E-state index contributed by atoms with van der Waals surface area (Å²) in [6.45, 7) is 14.4. The highest BCUT2D eigenvalue weighted by atomic mass is 32.2. The first kappa shape index (κ1) is 30.3. The highest BCUT2D eigenvalue weighted by molar-refractivity contribution is 8.00. The van der Waals surface area contributed by atoms with Gasteiger partial charge in [-0.2, -0.15) is 0 Å². The number of rotatable bonds is 4. The molecule has 6 aromatic carbocycles. The fourth-order valence-corrected chi connectivity index (χ4v) is 23.2. The molecule has 8 rings (SSSR count). The van der Waals surface area contributed by atoms with Crippen molar-refractivity contribution in [3.63, 3.8) is 0 Å². The summed E-state index contributed by atoms with van der Waals surface area (Å²) in [7, 11) is -7.72. The van der Waals surface area contributed by atoms with Gasteiger partial charge in [0.2, 0.25) is 0 Å². The van der Waals surface area contributed by atoms with E-state index >= 15 is 0 Å². The van der Waals surface area contributed by atoms with Gasteiger partial charge >= 0.3 is 0 Å². The molecule has 0 aliphatic carbocycles. The number of fused-ring (bicyclic) bond motifs is 4. The Morgan fingerprint density at radius 1 is 0.540 bits per heavy atom. The molecule has 6 aromatic rings. The Labute approximate surface area is 315 Å². The molecule has 2 atom stereocenters. The zero-order chi connectivity index (χ0) is 37.6. The predicted octanol–water partition coefficient (Wildman–Crippen LogP) is 8.33. The normalized spacial score (nSPS) is 19.8. The Hall–Kier alpha value is -3.33. The number of hydrogen-bond acceptors (Lipinski definition) is 2. The highest BCUT2D eigenvalue weighted by Crippen LogP contribution is 2.42. The van der Waals surface area contributed by atoms with Gasteiger partial charge in [-0.05, 0) is 70.5 Å². The van der Waals surface area contributed by atoms with Gasteiger partial charge < -0.3 is 0 Å². The van der Waals surface area contributed by atoms with Crippen molar-refractivity contribution in [3.8, 4) is 11.1 Å². The highest BCUT2D eigenvalue weighted by Gasteiger charge is 2.43. The fraction of sp³-hybridized carbons (Fsp3) is 0.200. The van der Waals surface area contributed by atoms with E-state index < -0.39 is 30.7 Å². The third-order valence-electron chi connectivity index (χ3n) is 11.2. The lowest BCUT2D eigenvalue weighted by Gasteiger charge is -2.39. The molecule has 2 unspecified atom stereocenters. The van der Waals surface area contributed by atoms with Crippen LogP contribution in [0.5, 0.6) is 0 Å². The second-order valence-corrected chi connectivity index (χ2v) is 29.5. The van der Waals surface area contributed by atoms with Crippen molar-refractivity contribution in [2.24, 2.45) is 0 Å². The maximum Gasteiger partial charge on any atom is 0.146 e. The lowest BCUT2D eigenvalue weighted by molar-refractivity contribution is 0.592. The van der Waals surface area contributed by atoms with Crippen LogP contribution in [-0.2, 0) is 5.41 Å². The topological polar surface area (TPSA) is 0 Å². The quantitative estimate of drug-likeness (QED) is 0.132. The second kappa shape index (κ2) is 12.1. The van der Waals surface area contributed by atoms with Gasteiger partial charge in [0.05, 0.1) is 0 Å². The Morgan fingerprint density at radius 2 is 1.10 bits per heavy atom. The lowest BCUT2D eigenvalue weighted by Crippen LogP contribution is -2.67. The van der Waals surface area contributed by atoms with Gasteiger partial charge in [0.25, 0.3) is 0 Å². The van der Waals surface area contributed by atoms with Gasteiger partial charge in [-0.1, -0.05) is 198 Å². The van der Waals surface area contributed by atoms with Crippen molar-refractivity contribution < 1.29 is 4.11 Å². The molecule has 2 heterocycles. The predicted molar refractivity (Wildman–Crippen MR) is 229 cm³/mol. The summed E-state index contributed by atoms with van der Waals surface area (Å²) < 4.78 is 26.8. The molecule has 0 radical (unpaired) electrons. The number of benzene rings is 6. The second-order valence-electron chi connectivity index (χ2n) is 15.8. The van der Waals surface area contributed by atoms with Crippen molar-refractivity contribution in [1.29, 1.82) is 0 Å². The van der Waals surface area contributed by atoms with E-state index in [0.29, 0.717) is 0 Å². The first-order valence-electron chi connectivity index (χ1n) is 19.1. The van der Waals surface area contributed by atoms with Gasteiger partial charge in [0.15, 0.2) is 0 Å². The van der Waals surface area contributed by atoms with Gasteiger partial charge in [-0.3, -0.25) is 0 Å². The van der Waals surface area contributed by atoms with Crippen LogP contribution in [0.1, 0.15) is 30.4 Å². The lowest BCUT2D eigenvalue weighted by atomic mass is 9.82. The number of hydrogen-bond donors (Lipinski definition) is 0. The van der Waals surface area contributed by atoms with E-state index in [1.165, 1.54) is 46.9 Å². The third-order valence-corrected chi connectivity index (χ3v) is 25.6. The van der Waals surface area contributed by atoms with Crippen LogP contribution in [0.15, 0.2) is 153 Å². The summed E-state index contributed by atoms with van der Waals surface area (Å²) in [4.78, 5) is 5.03. The summed E-state index contributed by atoms with van der Waals surface area (Å²) in [6, 6.07) is 49.4. The molecule has 5 heteroatoms. The summed E-state index contributed by atoms with van der Waals surface area (Å²) in [6.07, 6.45) is 0. The third kappa shape index (κ3) is 5.23. The van der Waals surface area contributed by atoms with Crippen LogP contribution in [0.4, 0.5) is 0 Å². The van der Waals surface area contributed by atoms with Crippen molar-refractivity contribution in [3.05, 3.63) is 139 Å². The summed E-state index contributed by atoms with van der Waals surface area (Å²) >= 11 is 3.72. The van der Waals surface area contributed by atoms with E-state index in [9.17, 15) is 0 Å². The summed E-state index contributed by atoms with van der Waals surface area (Å²) in [5.74, 6) is 0. The van der Waals surface area contributed by atoms with Crippen molar-refractivity contribution >= 4 is 84.1 Å². The van der Waals surface area contributed by atoms with Crippen LogP contribution >= 0.6 is 23.5 Å². The molecule has 50 heavy (non-hydrogen) atoms. The average Bonchev–Trinajstić information content (AvgIpc) is 3.13. The van der Waals surface area contributed by atoms with Crippen LogP contribution in [0.3, 0.4) is 0 Å². The molecular weight excluding hydrogens is 689 g/mol. The minimum absolute atomic E-state index is 0.135. The fourth-order valence-electron chi connectivity index (χ4n) is 8.32. The monoisotopic (exact) mass is 737 g/mol. The van der Waals surface area contributed by atoms with E-state index in [0.717, 1.165) is 25.7 Å². The maximum atomic E-state index is 8.95. The average molecular weight is 738 g/mol. The van der Waals surface area contributed by atoms with Crippen molar-refractivity contribution in [2.75, 3.05) is 0 Å². The zero-order valence-corrected chi connectivity index (χ0v) is 34.7. The first-order chi connectivity index (χ1) is 25.1.